The summed E-state index contributed by atoms with van der Waals surface area (Å²) in [6.45, 7) is 1.98. The Bertz CT molecular complexity index is 1180. The third-order valence-electron chi connectivity index (χ3n) is 4.24. The molecule has 4 rings (SSSR count). The van der Waals surface area contributed by atoms with Crippen molar-refractivity contribution < 1.29 is 17.9 Å². The minimum absolute atomic E-state index is 0.00798. The molecule has 0 aliphatic rings. The van der Waals surface area contributed by atoms with Crippen LogP contribution in [0.1, 0.15) is 17.0 Å². The second kappa shape index (κ2) is 8.88. The average Bonchev–Trinajstić information content (AvgIpc) is 3.26. The number of halogens is 3. The fourth-order valence-electron chi connectivity index (χ4n) is 2.76. The van der Waals surface area contributed by atoms with Crippen molar-refractivity contribution in [3.63, 3.8) is 0 Å². The maximum absolute atomic E-state index is 13.4. The zero-order chi connectivity index (χ0) is 22.6. The van der Waals surface area contributed by atoms with Gasteiger partial charge in [0.15, 0.2) is 6.61 Å². The minimum Gasteiger partial charge on any atom is -0.485 e. The molecule has 2 heterocycles. The van der Waals surface area contributed by atoms with E-state index < -0.39 is 11.7 Å². The van der Waals surface area contributed by atoms with Crippen molar-refractivity contribution in [2.45, 2.75) is 19.7 Å². The van der Waals surface area contributed by atoms with E-state index in [1.165, 1.54) is 0 Å². The molecular formula is C20H17F3N8O. The first-order chi connectivity index (χ1) is 15.4. The molecule has 0 unspecified atom stereocenters. The van der Waals surface area contributed by atoms with E-state index in [9.17, 15) is 13.2 Å². The Hall–Kier alpha value is -4.22. The van der Waals surface area contributed by atoms with Gasteiger partial charge in [0.05, 0.1) is 0 Å². The van der Waals surface area contributed by atoms with Crippen molar-refractivity contribution in [1.29, 1.82) is 0 Å². The van der Waals surface area contributed by atoms with E-state index in [0.717, 1.165) is 11.8 Å². The number of aromatic amines is 1. The number of nitrogens with zero attached hydrogens (tertiary/aromatic N) is 5. The summed E-state index contributed by atoms with van der Waals surface area (Å²) < 4.78 is 45.8. The second-order valence-electron chi connectivity index (χ2n) is 6.71. The number of anilines is 4. The molecule has 32 heavy (non-hydrogen) atoms. The number of nitrogens with one attached hydrogen (secondary N) is 3. The Balaban J connectivity index is 1.50. The highest BCUT2D eigenvalue weighted by Gasteiger charge is 2.35. The van der Waals surface area contributed by atoms with E-state index >= 15 is 0 Å². The fourth-order valence-corrected chi connectivity index (χ4v) is 2.76. The molecule has 4 aromatic rings. The maximum atomic E-state index is 13.4. The predicted molar refractivity (Wildman–Crippen MR) is 110 cm³/mol. The highest BCUT2D eigenvalue weighted by Crippen LogP contribution is 2.35. The first kappa shape index (κ1) is 21.0. The molecule has 0 saturated carbocycles. The van der Waals surface area contributed by atoms with Gasteiger partial charge in [0.25, 0.3) is 0 Å². The van der Waals surface area contributed by atoms with Gasteiger partial charge in [-0.05, 0) is 48.9 Å². The molecule has 0 spiro atoms. The summed E-state index contributed by atoms with van der Waals surface area (Å²) in [4.78, 5) is 7.85. The molecule has 0 fully saturated rings. The highest BCUT2D eigenvalue weighted by molar-refractivity contribution is 5.63. The Morgan fingerprint density at radius 1 is 1.03 bits per heavy atom. The summed E-state index contributed by atoms with van der Waals surface area (Å²) in [6.07, 6.45) is -3.86. The van der Waals surface area contributed by atoms with Gasteiger partial charge in [0.1, 0.15) is 17.1 Å². The van der Waals surface area contributed by atoms with Gasteiger partial charge in [-0.1, -0.05) is 17.3 Å². The summed E-state index contributed by atoms with van der Waals surface area (Å²) in [7, 11) is 0. The van der Waals surface area contributed by atoms with Gasteiger partial charge >= 0.3 is 6.18 Å². The molecule has 9 nitrogen and oxygen atoms in total. The number of H-pyrrole nitrogens is 1. The van der Waals surface area contributed by atoms with E-state index in [0.29, 0.717) is 22.9 Å². The van der Waals surface area contributed by atoms with Gasteiger partial charge in [-0.15, -0.1) is 10.2 Å². The molecule has 0 saturated heterocycles. The SMILES string of the molecule is Cc1cccc(Nc2nc(Nc3ccc(OCc4nn[nH]n4)cc3)ncc2C(F)(F)F)c1. The largest absolute Gasteiger partial charge is 0.485 e. The van der Waals surface area contributed by atoms with Crippen LogP contribution in [0.2, 0.25) is 0 Å². The van der Waals surface area contributed by atoms with E-state index in [-0.39, 0.29) is 18.4 Å². The first-order valence-corrected chi connectivity index (χ1v) is 9.37. The van der Waals surface area contributed by atoms with Crippen LogP contribution in [0.4, 0.5) is 36.3 Å². The monoisotopic (exact) mass is 442 g/mol. The number of tetrazole rings is 1. The number of ether oxygens (including phenoxy) is 1. The van der Waals surface area contributed by atoms with Crippen LogP contribution in [0, 0.1) is 6.92 Å². The Morgan fingerprint density at radius 2 is 1.84 bits per heavy atom. The predicted octanol–water partition coefficient (Wildman–Crippen LogP) is 4.38. The van der Waals surface area contributed by atoms with Gasteiger partial charge in [0.2, 0.25) is 11.8 Å². The van der Waals surface area contributed by atoms with Gasteiger partial charge in [-0.2, -0.15) is 23.4 Å². The minimum atomic E-state index is -4.61. The molecule has 2 aromatic carbocycles. The summed E-state index contributed by atoms with van der Waals surface area (Å²) in [5.74, 6) is 0.615. The van der Waals surface area contributed by atoms with Gasteiger partial charge in [-0.25, -0.2) is 4.98 Å². The Labute approximate surface area is 180 Å². The van der Waals surface area contributed by atoms with Gasteiger partial charge in [-0.3, -0.25) is 0 Å². The van der Waals surface area contributed by atoms with Crippen LogP contribution in [0.25, 0.3) is 0 Å². The molecule has 164 valence electrons. The normalized spacial score (nSPS) is 11.2. The summed E-state index contributed by atoms with van der Waals surface area (Å²) >= 11 is 0. The van der Waals surface area contributed by atoms with Crippen molar-refractivity contribution in [3.8, 4) is 5.75 Å². The van der Waals surface area contributed by atoms with E-state index in [2.05, 4.69) is 41.2 Å². The average molecular weight is 442 g/mol. The van der Waals surface area contributed by atoms with Gasteiger partial charge < -0.3 is 15.4 Å². The van der Waals surface area contributed by atoms with Crippen molar-refractivity contribution in [2.24, 2.45) is 0 Å². The molecule has 0 radical (unpaired) electrons. The lowest BCUT2D eigenvalue weighted by molar-refractivity contribution is -0.137. The maximum Gasteiger partial charge on any atom is 0.421 e. The van der Waals surface area contributed by atoms with E-state index in [1.54, 1.807) is 42.5 Å². The summed E-state index contributed by atoms with van der Waals surface area (Å²) in [6, 6.07) is 13.7. The second-order valence-corrected chi connectivity index (χ2v) is 6.71. The van der Waals surface area contributed by atoms with Crippen molar-refractivity contribution >= 4 is 23.1 Å². The zero-order valence-corrected chi connectivity index (χ0v) is 16.7. The number of benzene rings is 2. The number of rotatable bonds is 7. The van der Waals surface area contributed by atoms with Crippen LogP contribution in [-0.2, 0) is 12.8 Å². The number of aryl methyl sites for hydroxylation is 1. The van der Waals surface area contributed by atoms with Crippen molar-refractivity contribution in [3.05, 3.63) is 71.7 Å². The highest BCUT2D eigenvalue weighted by atomic mass is 19.4. The molecule has 0 aliphatic heterocycles. The quantitative estimate of drug-likeness (QED) is 0.386. The Morgan fingerprint density at radius 3 is 2.53 bits per heavy atom. The molecule has 3 N–H and O–H groups in total. The van der Waals surface area contributed by atoms with Crippen molar-refractivity contribution in [2.75, 3.05) is 10.6 Å². The van der Waals surface area contributed by atoms with E-state index in [4.69, 9.17) is 4.74 Å². The summed E-state index contributed by atoms with van der Waals surface area (Å²) in [5, 5.41) is 19.0. The van der Waals surface area contributed by atoms with Gasteiger partial charge in [0, 0.05) is 17.6 Å². The standard InChI is InChI=1S/C20H17F3N8O/c1-12-3-2-4-14(9-12)25-18-16(20(21,22)23)10-24-19(27-18)26-13-5-7-15(8-6-13)32-11-17-28-30-31-29-17/h2-10H,11H2,1H3,(H2,24,25,26,27)(H,28,29,30,31). The third-order valence-corrected chi connectivity index (χ3v) is 4.24. The number of alkyl halides is 3. The first-order valence-electron chi connectivity index (χ1n) is 9.37. The van der Waals surface area contributed by atoms with Crippen LogP contribution in [0.15, 0.2) is 54.7 Å². The molecular weight excluding hydrogens is 425 g/mol. The van der Waals surface area contributed by atoms with Crippen LogP contribution in [-0.4, -0.2) is 30.6 Å². The molecule has 2 aromatic heterocycles. The Kier molecular flexibility index (Phi) is 5.83. The van der Waals surface area contributed by atoms with Crippen LogP contribution in [0.5, 0.6) is 5.75 Å². The lowest BCUT2D eigenvalue weighted by Crippen LogP contribution is -2.12. The lowest BCUT2D eigenvalue weighted by atomic mass is 10.2. The van der Waals surface area contributed by atoms with Crippen LogP contribution >= 0.6 is 0 Å². The number of hydrogen-bond donors (Lipinski definition) is 3. The molecule has 0 amide bonds. The third kappa shape index (κ3) is 5.28. The van der Waals surface area contributed by atoms with Crippen LogP contribution < -0.4 is 15.4 Å². The molecule has 0 atom stereocenters. The van der Waals surface area contributed by atoms with Crippen molar-refractivity contribution in [1.82, 2.24) is 30.6 Å². The number of hydrogen-bond acceptors (Lipinski definition) is 8. The molecule has 0 aliphatic carbocycles. The lowest BCUT2D eigenvalue weighted by Gasteiger charge is -2.15. The zero-order valence-electron chi connectivity index (χ0n) is 16.7. The molecule has 12 heteroatoms. The summed E-state index contributed by atoms with van der Waals surface area (Å²) in [5.41, 5.74) is 0.994. The fraction of sp³-hybridized carbons (Fsp3) is 0.150. The van der Waals surface area contributed by atoms with Crippen LogP contribution in [0.3, 0.4) is 0 Å². The smallest absolute Gasteiger partial charge is 0.421 e. The van der Waals surface area contributed by atoms with E-state index in [1.807, 2.05) is 13.0 Å². The molecule has 0 bridgehead atoms. The number of aromatic nitrogens is 6. The topological polar surface area (TPSA) is 114 Å².